The topological polar surface area (TPSA) is 52.9 Å². The molecule has 20 heavy (non-hydrogen) atoms. The lowest BCUT2D eigenvalue weighted by Crippen LogP contribution is -2.57. The number of alkyl halides is 3. The van der Waals surface area contributed by atoms with E-state index in [4.69, 9.17) is 0 Å². The fourth-order valence-electron chi connectivity index (χ4n) is 1.91. The molecule has 1 aliphatic heterocycles. The van der Waals surface area contributed by atoms with Gasteiger partial charge in [0, 0.05) is 18.1 Å². The first-order chi connectivity index (χ1) is 8.99. The Morgan fingerprint density at radius 1 is 1.40 bits per heavy atom. The highest BCUT2D eigenvalue weighted by molar-refractivity contribution is 5.91. The van der Waals surface area contributed by atoms with Crippen molar-refractivity contribution in [3.8, 4) is 0 Å². The molecule has 0 saturated heterocycles. The van der Waals surface area contributed by atoms with Crippen LogP contribution in [0.5, 0.6) is 0 Å². The minimum absolute atomic E-state index is 0.215. The molecule has 116 valence electrons. The molecule has 1 aliphatic rings. The van der Waals surface area contributed by atoms with E-state index in [-0.39, 0.29) is 10.7 Å². The van der Waals surface area contributed by atoms with Gasteiger partial charge >= 0.3 is 6.18 Å². The van der Waals surface area contributed by atoms with Gasteiger partial charge in [-0.25, -0.2) is 0 Å². The first-order valence-electron chi connectivity index (χ1n) is 6.68. The lowest BCUT2D eigenvalue weighted by molar-refractivity contribution is -0.303. The highest BCUT2D eigenvalue weighted by atomic mass is 19.4. The molecule has 7 heteroatoms. The van der Waals surface area contributed by atoms with E-state index in [1.807, 2.05) is 13.8 Å². The Balaban J connectivity index is 3.01. The summed E-state index contributed by atoms with van der Waals surface area (Å²) in [6.45, 7) is 6.84. The molecule has 1 atom stereocenters. The second-order valence-corrected chi connectivity index (χ2v) is 5.89. The summed E-state index contributed by atoms with van der Waals surface area (Å²) in [5.41, 5.74) is -2.99. The molecular weight excluding hydrogens is 273 g/mol. The molecule has 0 aromatic rings. The van der Waals surface area contributed by atoms with E-state index >= 15 is 0 Å². The number of rotatable bonds is 4. The third kappa shape index (κ3) is 3.31. The van der Waals surface area contributed by atoms with Crippen LogP contribution in [0, 0.1) is 11.8 Å². The largest absolute Gasteiger partial charge is 0.438 e. The number of aliphatic hydroxyl groups is 1. The summed E-state index contributed by atoms with van der Waals surface area (Å²) >= 11 is 0. The van der Waals surface area contributed by atoms with Crippen LogP contribution in [0.15, 0.2) is 5.10 Å². The van der Waals surface area contributed by atoms with Crippen molar-refractivity contribution in [1.82, 2.24) is 5.01 Å². The van der Waals surface area contributed by atoms with Gasteiger partial charge in [-0.2, -0.15) is 23.3 Å². The maximum absolute atomic E-state index is 13.1. The number of halogens is 3. The Labute approximate surface area is 116 Å². The molecule has 1 N–H and O–H groups in total. The van der Waals surface area contributed by atoms with Crippen LogP contribution in [0.3, 0.4) is 0 Å². The summed E-state index contributed by atoms with van der Waals surface area (Å²) in [6.07, 6.45) is -4.59. The quantitative estimate of drug-likeness (QED) is 0.866. The number of hydrogen-bond donors (Lipinski definition) is 1. The third-order valence-corrected chi connectivity index (χ3v) is 3.21. The number of hydrogen-bond acceptors (Lipinski definition) is 3. The van der Waals surface area contributed by atoms with E-state index in [2.05, 4.69) is 5.10 Å². The van der Waals surface area contributed by atoms with E-state index in [1.54, 1.807) is 0 Å². The van der Waals surface area contributed by atoms with E-state index in [9.17, 15) is 23.1 Å². The Kier molecular flexibility index (Phi) is 4.84. The fraction of sp³-hybridized carbons (Fsp3) is 0.846. The first kappa shape index (κ1) is 16.9. The van der Waals surface area contributed by atoms with Crippen molar-refractivity contribution < 1.29 is 23.1 Å². The standard InChI is InChI=1S/C13H21F3N2O2/c1-8(2)5-6-10-7-12(20,13(14,15)16)18(17-10)11(19)9(3)4/h8-9,20H,5-7H2,1-4H3. The minimum atomic E-state index is -4.93. The molecule has 0 fully saturated rings. The van der Waals surface area contributed by atoms with Crippen molar-refractivity contribution in [3.05, 3.63) is 0 Å². The predicted molar refractivity (Wildman–Crippen MR) is 68.8 cm³/mol. The average molecular weight is 294 g/mol. The SMILES string of the molecule is CC(C)CCC1=NN(C(=O)C(C)C)C(O)(C(F)(F)F)C1. The maximum Gasteiger partial charge on any atom is 0.438 e. The van der Waals surface area contributed by atoms with Crippen LogP contribution in [0.1, 0.15) is 47.0 Å². The van der Waals surface area contributed by atoms with Gasteiger partial charge in [-0.15, -0.1) is 0 Å². The normalized spacial score (nSPS) is 23.7. The van der Waals surface area contributed by atoms with E-state index in [0.29, 0.717) is 18.8 Å². The van der Waals surface area contributed by atoms with Gasteiger partial charge in [0.15, 0.2) is 0 Å². The summed E-state index contributed by atoms with van der Waals surface area (Å²) in [4.78, 5) is 11.8. The van der Waals surface area contributed by atoms with Gasteiger partial charge in [-0.1, -0.05) is 27.7 Å². The highest BCUT2D eigenvalue weighted by Gasteiger charge is 2.63. The molecule has 0 bridgehead atoms. The number of amides is 1. The molecule has 4 nitrogen and oxygen atoms in total. The lowest BCUT2D eigenvalue weighted by atomic mass is 9.99. The Hall–Kier alpha value is -1.11. The van der Waals surface area contributed by atoms with E-state index < -0.39 is 30.1 Å². The van der Waals surface area contributed by atoms with E-state index in [0.717, 1.165) is 0 Å². The average Bonchev–Trinajstić information content (AvgIpc) is 2.63. The smallest absolute Gasteiger partial charge is 0.362 e. The zero-order valence-corrected chi connectivity index (χ0v) is 12.2. The second-order valence-electron chi connectivity index (χ2n) is 5.89. The Bertz CT molecular complexity index is 405. The molecule has 0 aromatic carbocycles. The molecule has 0 spiro atoms. The summed E-state index contributed by atoms with van der Waals surface area (Å²) in [7, 11) is 0. The Morgan fingerprint density at radius 2 is 1.95 bits per heavy atom. The molecule has 0 aliphatic carbocycles. The van der Waals surface area contributed by atoms with Crippen molar-refractivity contribution in [2.75, 3.05) is 0 Å². The van der Waals surface area contributed by atoms with Gasteiger partial charge in [-0.05, 0) is 18.8 Å². The molecule has 1 unspecified atom stereocenters. The predicted octanol–water partition coefficient (Wildman–Crippen LogP) is 2.92. The van der Waals surface area contributed by atoms with Crippen LogP contribution in [-0.2, 0) is 4.79 Å². The van der Waals surface area contributed by atoms with Crippen molar-refractivity contribution in [2.45, 2.75) is 58.9 Å². The molecule has 1 amide bonds. The number of carbonyl (C=O) groups is 1. The van der Waals surface area contributed by atoms with Crippen LogP contribution in [0.4, 0.5) is 13.2 Å². The zero-order valence-electron chi connectivity index (χ0n) is 12.2. The fourth-order valence-corrected chi connectivity index (χ4v) is 1.91. The van der Waals surface area contributed by atoms with Crippen LogP contribution in [0.25, 0.3) is 0 Å². The van der Waals surface area contributed by atoms with Crippen molar-refractivity contribution >= 4 is 11.6 Å². The number of nitrogens with zero attached hydrogens (tertiary/aromatic N) is 2. The molecule has 1 rings (SSSR count). The Morgan fingerprint density at radius 3 is 2.35 bits per heavy atom. The van der Waals surface area contributed by atoms with Crippen LogP contribution >= 0.6 is 0 Å². The molecular formula is C13H21F3N2O2. The van der Waals surface area contributed by atoms with Crippen molar-refractivity contribution in [3.63, 3.8) is 0 Å². The first-order valence-corrected chi connectivity index (χ1v) is 6.68. The monoisotopic (exact) mass is 294 g/mol. The van der Waals surface area contributed by atoms with Crippen molar-refractivity contribution in [1.29, 1.82) is 0 Å². The number of hydrazone groups is 1. The van der Waals surface area contributed by atoms with Gasteiger partial charge in [0.05, 0.1) is 0 Å². The minimum Gasteiger partial charge on any atom is -0.362 e. The molecule has 0 radical (unpaired) electrons. The van der Waals surface area contributed by atoms with Gasteiger partial charge in [-0.3, -0.25) is 4.79 Å². The van der Waals surface area contributed by atoms with Crippen LogP contribution in [0.2, 0.25) is 0 Å². The van der Waals surface area contributed by atoms with Gasteiger partial charge < -0.3 is 5.11 Å². The van der Waals surface area contributed by atoms with Crippen molar-refractivity contribution in [2.24, 2.45) is 16.9 Å². The van der Waals surface area contributed by atoms with E-state index in [1.165, 1.54) is 13.8 Å². The molecule has 1 heterocycles. The van der Waals surface area contributed by atoms with Gasteiger partial charge in [0.25, 0.3) is 5.72 Å². The lowest BCUT2D eigenvalue weighted by Gasteiger charge is -2.33. The zero-order chi connectivity index (χ0) is 15.7. The number of carbonyl (C=O) groups excluding carboxylic acids is 1. The maximum atomic E-state index is 13.1. The van der Waals surface area contributed by atoms with Gasteiger partial charge in [0.1, 0.15) is 0 Å². The molecule has 0 aromatic heterocycles. The summed E-state index contributed by atoms with van der Waals surface area (Å²) < 4.78 is 39.2. The van der Waals surface area contributed by atoms with Gasteiger partial charge in [0.2, 0.25) is 5.91 Å². The summed E-state index contributed by atoms with van der Waals surface area (Å²) in [5, 5.41) is 13.9. The summed E-state index contributed by atoms with van der Waals surface area (Å²) in [6, 6.07) is 0. The van der Waals surface area contributed by atoms with Crippen LogP contribution in [-0.4, -0.2) is 33.6 Å². The van der Waals surface area contributed by atoms with Crippen LogP contribution < -0.4 is 0 Å². The second kappa shape index (κ2) is 5.71. The third-order valence-electron chi connectivity index (χ3n) is 3.21. The highest BCUT2D eigenvalue weighted by Crippen LogP contribution is 2.41. The summed E-state index contributed by atoms with van der Waals surface area (Å²) in [5.74, 6) is -1.19. The molecule has 0 saturated carbocycles.